The van der Waals surface area contributed by atoms with E-state index in [0.717, 1.165) is 15.9 Å². The molecule has 0 radical (unpaired) electrons. The molecule has 0 N–H and O–H groups in total. The topological polar surface area (TPSA) is 12.9 Å². The Balaban J connectivity index is 2.66. The standard InChI is InChI=1S/C9H8BrNS/c1-6-11-8-4-7(5-10)2-3-9(8)12-6/h2-4H,5H2,1H3. The predicted molar refractivity (Wildman–Crippen MR) is 57.0 cm³/mol. The van der Waals surface area contributed by atoms with Crippen molar-refractivity contribution in [2.75, 3.05) is 0 Å². The number of fused-ring (bicyclic) bond motifs is 1. The Hall–Kier alpha value is -0.410. The lowest BCUT2D eigenvalue weighted by molar-refractivity contribution is 1.34. The summed E-state index contributed by atoms with van der Waals surface area (Å²) in [6.07, 6.45) is 0. The SMILES string of the molecule is Cc1nc2cc(CBr)ccc2s1. The maximum Gasteiger partial charge on any atom is 0.0907 e. The lowest BCUT2D eigenvalue weighted by Gasteiger charge is -1.92. The van der Waals surface area contributed by atoms with E-state index in [4.69, 9.17) is 0 Å². The van der Waals surface area contributed by atoms with Gasteiger partial charge in [0.05, 0.1) is 15.2 Å². The second-order valence-corrected chi connectivity index (χ2v) is 4.46. The van der Waals surface area contributed by atoms with Crippen molar-refractivity contribution in [2.24, 2.45) is 0 Å². The number of alkyl halides is 1. The Kier molecular flexibility index (Phi) is 2.15. The molecule has 0 saturated heterocycles. The summed E-state index contributed by atoms with van der Waals surface area (Å²) in [6.45, 7) is 2.04. The highest BCUT2D eigenvalue weighted by Crippen LogP contribution is 2.22. The van der Waals surface area contributed by atoms with E-state index in [1.54, 1.807) is 11.3 Å². The number of rotatable bonds is 1. The van der Waals surface area contributed by atoms with E-state index in [0.29, 0.717) is 0 Å². The van der Waals surface area contributed by atoms with Crippen LogP contribution in [0.5, 0.6) is 0 Å². The highest BCUT2D eigenvalue weighted by Gasteiger charge is 1.99. The summed E-state index contributed by atoms with van der Waals surface area (Å²) in [4.78, 5) is 4.42. The van der Waals surface area contributed by atoms with E-state index in [1.165, 1.54) is 10.3 Å². The number of benzene rings is 1. The van der Waals surface area contributed by atoms with Crippen LogP contribution in [0.25, 0.3) is 10.2 Å². The molecule has 0 unspecified atom stereocenters. The third-order valence-electron chi connectivity index (χ3n) is 1.71. The first-order valence-corrected chi connectivity index (χ1v) is 5.65. The van der Waals surface area contributed by atoms with Crippen molar-refractivity contribution >= 4 is 37.5 Å². The summed E-state index contributed by atoms with van der Waals surface area (Å²) in [6, 6.07) is 6.40. The number of hydrogen-bond donors (Lipinski definition) is 0. The zero-order chi connectivity index (χ0) is 8.55. The van der Waals surface area contributed by atoms with Crippen LogP contribution in [0.15, 0.2) is 18.2 Å². The van der Waals surface area contributed by atoms with Crippen LogP contribution in [0.2, 0.25) is 0 Å². The van der Waals surface area contributed by atoms with Crippen LogP contribution in [0, 0.1) is 6.92 Å². The Labute approximate surface area is 83.6 Å². The zero-order valence-corrected chi connectivity index (χ0v) is 9.08. The van der Waals surface area contributed by atoms with E-state index in [-0.39, 0.29) is 0 Å². The van der Waals surface area contributed by atoms with Crippen LogP contribution >= 0.6 is 27.3 Å². The van der Waals surface area contributed by atoms with E-state index in [1.807, 2.05) is 6.92 Å². The molecule has 0 aliphatic rings. The molecule has 0 saturated carbocycles. The van der Waals surface area contributed by atoms with Crippen molar-refractivity contribution in [3.8, 4) is 0 Å². The predicted octanol–water partition coefficient (Wildman–Crippen LogP) is 3.50. The molecule has 0 fully saturated rings. The van der Waals surface area contributed by atoms with E-state index in [9.17, 15) is 0 Å². The Morgan fingerprint density at radius 3 is 3.08 bits per heavy atom. The van der Waals surface area contributed by atoms with Crippen LogP contribution in [0.1, 0.15) is 10.6 Å². The van der Waals surface area contributed by atoms with Crippen LogP contribution < -0.4 is 0 Å². The summed E-state index contributed by atoms with van der Waals surface area (Å²) >= 11 is 5.17. The van der Waals surface area contributed by atoms with Gasteiger partial charge in [-0.15, -0.1) is 11.3 Å². The largest absolute Gasteiger partial charge is 0.242 e. The molecule has 0 aliphatic carbocycles. The van der Waals surface area contributed by atoms with Gasteiger partial charge in [0, 0.05) is 5.33 Å². The molecule has 1 nitrogen and oxygen atoms in total. The third kappa shape index (κ3) is 1.39. The van der Waals surface area contributed by atoms with Crippen molar-refractivity contribution in [1.29, 1.82) is 0 Å². The fraction of sp³-hybridized carbons (Fsp3) is 0.222. The van der Waals surface area contributed by atoms with E-state index >= 15 is 0 Å². The molecule has 1 aromatic heterocycles. The van der Waals surface area contributed by atoms with Crippen molar-refractivity contribution in [3.05, 3.63) is 28.8 Å². The van der Waals surface area contributed by atoms with Crippen molar-refractivity contribution in [1.82, 2.24) is 4.98 Å². The summed E-state index contributed by atoms with van der Waals surface area (Å²) < 4.78 is 1.28. The summed E-state index contributed by atoms with van der Waals surface area (Å²) in [5, 5.41) is 2.04. The van der Waals surface area contributed by atoms with Crippen molar-refractivity contribution in [2.45, 2.75) is 12.3 Å². The molecule has 1 aromatic carbocycles. The van der Waals surface area contributed by atoms with Gasteiger partial charge in [0.2, 0.25) is 0 Å². The van der Waals surface area contributed by atoms with Crippen molar-refractivity contribution < 1.29 is 0 Å². The molecule has 0 aliphatic heterocycles. The minimum Gasteiger partial charge on any atom is -0.242 e. The number of halogens is 1. The van der Waals surface area contributed by atoms with Gasteiger partial charge in [0.25, 0.3) is 0 Å². The van der Waals surface area contributed by atoms with E-state index < -0.39 is 0 Å². The second-order valence-electron chi connectivity index (χ2n) is 2.67. The molecule has 2 aromatic rings. The molecule has 0 spiro atoms. The minimum atomic E-state index is 0.902. The Morgan fingerprint density at radius 2 is 2.33 bits per heavy atom. The fourth-order valence-electron chi connectivity index (χ4n) is 1.17. The monoisotopic (exact) mass is 241 g/mol. The lowest BCUT2D eigenvalue weighted by Crippen LogP contribution is -1.75. The highest BCUT2D eigenvalue weighted by atomic mass is 79.9. The summed E-state index contributed by atoms with van der Waals surface area (Å²) in [7, 11) is 0. The van der Waals surface area contributed by atoms with Crippen LogP contribution in [0.3, 0.4) is 0 Å². The average Bonchev–Trinajstić information content (AvgIpc) is 2.43. The number of thiazole rings is 1. The Morgan fingerprint density at radius 1 is 1.50 bits per heavy atom. The first kappa shape index (κ1) is 8.20. The maximum absolute atomic E-state index is 4.42. The highest BCUT2D eigenvalue weighted by molar-refractivity contribution is 9.08. The van der Waals surface area contributed by atoms with E-state index in [2.05, 4.69) is 39.1 Å². The van der Waals surface area contributed by atoms with Gasteiger partial charge in [-0.05, 0) is 24.6 Å². The molecule has 0 atom stereocenters. The molecule has 62 valence electrons. The average molecular weight is 242 g/mol. The van der Waals surface area contributed by atoms with Gasteiger partial charge in [0.1, 0.15) is 0 Å². The smallest absolute Gasteiger partial charge is 0.0907 e. The number of aromatic nitrogens is 1. The van der Waals surface area contributed by atoms with Gasteiger partial charge in [-0.1, -0.05) is 22.0 Å². The van der Waals surface area contributed by atoms with Gasteiger partial charge < -0.3 is 0 Å². The molecule has 3 heteroatoms. The summed E-state index contributed by atoms with van der Waals surface area (Å²) in [5.41, 5.74) is 2.40. The molecule has 0 bridgehead atoms. The van der Waals surface area contributed by atoms with Gasteiger partial charge in [0.15, 0.2) is 0 Å². The number of aryl methyl sites for hydroxylation is 1. The third-order valence-corrected chi connectivity index (χ3v) is 3.31. The minimum absolute atomic E-state index is 0.902. The number of nitrogens with zero attached hydrogens (tertiary/aromatic N) is 1. The van der Waals surface area contributed by atoms with Crippen LogP contribution in [0.4, 0.5) is 0 Å². The van der Waals surface area contributed by atoms with Crippen LogP contribution in [-0.4, -0.2) is 4.98 Å². The summed E-state index contributed by atoms with van der Waals surface area (Å²) in [5.74, 6) is 0. The van der Waals surface area contributed by atoms with Gasteiger partial charge in [-0.3, -0.25) is 0 Å². The molecular formula is C9H8BrNS. The fourth-order valence-corrected chi connectivity index (χ4v) is 2.33. The molecule has 12 heavy (non-hydrogen) atoms. The van der Waals surface area contributed by atoms with Gasteiger partial charge >= 0.3 is 0 Å². The lowest BCUT2D eigenvalue weighted by atomic mass is 10.2. The zero-order valence-electron chi connectivity index (χ0n) is 6.67. The van der Waals surface area contributed by atoms with Gasteiger partial charge in [-0.25, -0.2) is 4.98 Å². The molecule has 1 heterocycles. The molecule has 2 rings (SSSR count). The van der Waals surface area contributed by atoms with Crippen molar-refractivity contribution in [3.63, 3.8) is 0 Å². The molecular weight excluding hydrogens is 234 g/mol. The van der Waals surface area contributed by atoms with Crippen LogP contribution in [-0.2, 0) is 5.33 Å². The number of hydrogen-bond acceptors (Lipinski definition) is 2. The van der Waals surface area contributed by atoms with Gasteiger partial charge in [-0.2, -0.15) is 0 Å². The first-order chi connectivity index (χ1) is 5.79. The first-order valence-electron chi connectivity index (χ1n) is 3.71. The maximum atomic E-state index is 4.42. The second kappa shape index (κ2) is 3.15. The molecule has 0 amide bonds. The normalized spacial score (nSPS) is 10.8. The quantitative estimate of drug-likeness (QED) is 0.697. The Bertz CT molecular complexity index is 408.